The lowest BCUT2D eigenvalue weighted by Crippen LogP contribution is -2.66. The topological polar surface area (TPSA) is 77.4 Å². The molecule has 0 saturated carbocycles. The zero-order valence-electron chi connectivity index (χ0n) is 35.4. The van der Waals surface area contributed by atoms with Crippen LogP contribution < -0.4 is 52.4 Å². The molecule has 4 aliphatic rings. The summed E-state index contributed by atoms with van der Waals surface area (Å²) >= 11 is 0. The fourth-order valence-corrected chi connectivity index (χ4v) is 10.8. The van der Waals surface area contributed by atoms with Gasteiger partial charge in [-0.2, -0.15) is 0 Å². The van der Waals surface area contributed by atoms with Crippen LogP contribution in [0.4, 0.5) is 68.9 Å². The number of para-hydroxylation sites is 4. The molecule has 4 aliphatic heterocycles. The van der Waals surface area contributed by atoms with Crippen LogP contribution in [-0.2, 0) is 0 Å². The largest absolute Gasteiger partial charge is 0.311 e. The molecule has 66 heavy (non-hydrogen) atoms. The van der Waals surface area contributed by atoms with E-state index in [1.807, 2.05) is 43.1 Å². The first-order valence-electron chi connectivity index (χ1n) is 22.2. The average molecular weight is 844 g/mol. The fourth-order valence-electron chi connectivity index (χ4n) is 10.8. The van der Waals surface area contributed by atoms with Crippen molar-refractivity contribution in [2.75, 3.05) is 19.6 Å². The number of hydrogen-bond donors (Lipinski definition) is 0. The van der Waals surface area contributed by atoms with Crippen molar-refractivity contribution in [2.24, 2.45) is 0 Å². The van der Waals surface area contributed by atoms with Gasteiger partial charge in [0.25, 0.3) is 13.4 Å². The second-order valence-corrected chi connectivity index (χ2v) is 16.9. The van der Waals surface area contributed by atoms with Crippen LogP contribution >= 0.6 is 0 Å². The van der Waals surface area contributed by atoms with E-state index < -0.39 is 0 Å². The molecule has 0 aliphatic carbocycles. The lowest BCUT2D eigenvalue weighted by molar-refractivity contribution is 1.10. The molecule has 10 aromatic rings. The summed E-state index contributed by atoms with van der Waals surface area (Å²) in [6, 6.07) is 64.0. The highest BCUT2D eigenvalue weighted by Crippen LogP contribution is 2.47. The maximum Gasteiger partial charge on any atom is 0.258 e. The Morgan fingerprint density at radius 2 is 0.848 bits per heavy atom. The van der Waals surface area contributed by atoms with Crippen LogP contribution in [-0.4, -0.2) is 38.3 Å². The van der Waals surface area contributed by atoms with Crippen LogP contribution in [0, 0.1) is 0 Å². The van der Waals surface area contributed by atoms with Crippen LogP contribution in [0.15, 0.2) is 213 Å². The quantitative estimate of drug-likeness (QED) is 0.159. The van der Waals surface area contributed by atoms with E-state index in [0.717, 1.165) is 113 Å². The van der Waals surface area contributed by atoms with Crippen molar-refractivity contribution in [1.29, 1.82) is 0 Å². The minimum Gasteiger partial charge on any atom is -0.311 e. The van der Waals surface area contributed by atoms with Gasteiger partial charge < -0.3 is 4.90 Å². The van der Waals surface area contributed by atoms with Crippen molar-refractivity contribution < 1.29 is 0 Å². The lowest BCUT2D eigenvalue weighted by Gasteiger charge is -2.45. The Labute approximate surface area is 382 Å². The van der Waals surface area contributed by atoms with E-state index in [1.54, 1.807) is 0 Å². The molecular formula is C55H35B2N9. The van der Waals surface area contributed by atoms with E-state index in [1.165, 1.54) is 0 Å². The molecule has 11 heteroatoms. The highest BCUT2D eigenvalue weighted by molar-refractivity contribution is 7.02. The number of rotatable bonds is 5. The zero-order valence-corrected chi connectivity index (χ0v) is 35.4. The fraction of sp³-hybridized carbons (Fsp3) is 0. The number of anilines is 12. The first-order chi connectivity index (χ1) is 32.8. The second kappa shape index (κ2) is 14.4. The summed E-state index contributed by atoms with van der Waals surface area (Å²) in [6.45, 7) is -0.482. The number of benzene rings is 5. The van der Waals surface area contributed by atoms with Gasteiger partial charge in [0.05, 0.1) is 5.69 Å². The smallest absolute Gasteiger partial charge is 0.258 e. The van der Waals surface area contributed by atoms with E-state index in [2.05, 4.69) is 189 Å². The Morgan fingerprint density at radius 1 is 0.333 bits per heavy atom. The Kier molecular flexibility index (Phi) is 7.97. The Balaban J connectivity index is 1.07. The predicted molar refractivity (Wildman–Crippen MR) is 269 cm³/mol. The molecule has 0 radical (unpaired) electrons. The van der Waals surface area contributed by atoms with E-state index in [-0.39, 0.29) is 13.4 Å². The van der Waals surface area contributed by atoms with Crippen LogP contribution in [0.3, 0.4) is 0 Å². The average Bonchev–Trinajstić information content (AvgIpc) is 3.39. The van der Waals surface area contributed by atoms with Gasteiger partial charge in [-0.1, -0.05) is 115 Å². The number of hydrogen-bond acceptors (Lipinski definition) is 9. The minimum absolute atomic E-state index is 0.230. The summed E-state index contributed by atoms with van der Waals surface area (Å²) in [4.78, 5) is 35.6. The van der Waals surface area contributed by atoms with Gasteiger partial charge >= 0.3 is 0 Å². The molecule has 9 heterocycles. The number of pyridine rings is 5. The SMILES string of the molecule is c1ccc(-c2ccccc2N2c3ccncc3B3c4cc5c(nc4N(c4ccccc4)c4nccc2c43)N(c2ccccc2)c2ccnc3c2B5c2cccnc2N3c2ccccc2)cc1. The molecule has 5 aromatic heterocycles. The number of fused-ring (bicyclic) bond motifs is 8. The molecule has 0 bridgehead atoms. The maximum absolute atomic E-state index is 5.95. The molecule has 0 amide bonds. The van der Waals surface area contributed by atoms with Crippen LogP contribution in [0.2, 0.25) is 0 Å². The summed E-state index contributed by atoms with van der Waals surface area (Å²) in [5.41, 5.74) is 16.0. The number of nitrogens with zero attached hydrogens (tertiary/aromatic N) is 9. The summed E-state index contributed by atoms with van der Waals surface area (Å²) in [5.74, 6) is 4.20. The summed E-state index contributed by atoms with van der Waals surface area (Å²) < 4.78 is 0. The van der Waals surface area contributed by atoms with Crippen molar-refractivity contribution in [1.82, 2.24) is 24.9 Å². The molecular weight excluding hydrogens is 808 g/mol. The molecule has 0 atom stereocenters. The van der Waals surface area contributed by atoms with E-state index >= 15 is 0 Å². The molecule has 14 rings (SSSR count). The van der Waals surface area contributed by atoms with Gasteiger partial charge in [-0.3, -0.25) is 19.7 Å². The van der Waals surface area contributed by atoms with Gasteiger partial charge in [0.1, 0.15) is 29.1 Å². The van der Waals surface area contributed by atoms with E-state index in [9.17, 15) is 0 Å². The molecule has 9 nitrogen and oxygen atoms in total. The van der Waals surface area contributed by atoms with Gasteiger partial charge in [-0.25, -0.2) is 19.9 Å². The molecule has 0 saturated heterocycles. The zero-order chi connectivity index (χ0) is 43.3. The van der Waals surface area contributed by atoms with Gasteiger partial charge in [0, 0.05) is 70.7 Å². The van der Waals surface area contributed by atoms with Gasteiger partial charge in [-0.15, -0.1) is 0 Å². The third kappa shape index (κ3) is 5.22. The predicted octanol–water partition coefficient (Wildman–Crippen LogP) is 8.49. The molecule has 0 unspecified atom stereocenters. The lowest BCUT2D eigenvalue weighted by atomic mass is 9.31. The normalized spacial score (nSPS) is 13.6. The monoisotopic (exact) mass is 843 g/mol. The van der Waals surface area contributed by atoms with Crippen molar-refractivity contribution in [3.05, 3.63) is 213 Å². The van der Waals surface area contributed by atoms with Crippen molar-refractivity contribution in [3.8, 4) is 11.1 Å². The van der Waals surface area contributed by atoms with Gasteiger partial charge in [-0.05, 0) is 105 Å². The van der Waals surface area contributed by atoms with Crippen molar-refractivity contribution in [3.63, 3.8) is 0 Å². The standard InChI is InChI=1S/C55H35B2N9/c1-5-16-36(17-6-1)40-24-13-14-26-45(40)66-46-27-31-58-35-44(46)57-43-34-42-52(62-53(43)65(39-22-11-4-12-23-39)55-50(57)48(66)29-33-61-55)63(37-18-7-2-8-19-37)47-28-32-60-54-49(47)56(42)41-25-15-30-59-51(41)64(54)38-20-9-3-10-21-38/h1-35H. The molecule has 0 N–H and O–H groups in total. The Bertz CT molecular complexity index is 3540. The summed E-state index contributed by atoms with van der Waals surface area (Å²) in [7, 11) is 0. The molecule has 5 aromatic carbocycles. The summed E-state index contributed by atoms with van der Waals surface area (Å²) in [5, 5.41) is 0. The number of aromatic nitrogens is 5. The van der Waals surface area contributed by atoms with E-state index in [4.69, 9.17) is 24.9 Å². The molecule has 0 fully saturated rings. The minimum atomic E-state index is -0.252. The van der Waals surface area contributed by atoms with Gasteiger partial charge in [0.2, 0.25) is 0 Å². The highest BCUT2D eigenvalue weighted by Gasteiger charge is 2.50. The van der Waals surface area contributed by atoms with Crippen molar-refractivity contribution >= 4 is 115 Å². The first kappa shape index (κ1) is 36.6. The molecule has 306 valence electrons. The van der Waals surface area contributed by atoms with Gasteiger partial charge in [0.15, 0.2) is 0 Å². The van der Waals surface area contributed by atoms with Crippen molar-refractivity contribution in [2.45, 2.75) is 0 Å². The third-order valence-electron chi connectivity index (χ3n) is 13.5. The van der Waals surface area contributed by atoms with Crippen LogP contribution in [0.1, 0.15) is 0 Å². The van der Waals surface area contributed by atoms with Crippen LogP contribution in [0.5, 0.6) is 0 Å². The first-order valence-corrected chi connectivity index (χ1v) is 22.2. The highest BCUT2D eigenvalue weighted by atomic mass is 15.3. The second-order valence-electron chi connectivity index (χ2n) is 16.9. The molecule has 0 spiro atoms. The van der Waals surface area contributed by atoms with Crippen LogP contribution in [0.25, 0.3) is 11.1 Å². The Morgan fingerprint density at radius 3 is 1.52 bits per heavy atom. The maximum atomic E-state index is 5.95. The Hall–Kier alpha value is -8.82. The third-order valence-corrected chi connectivity index (χ3v) is 13.5. The van der Waals surface area contributed by atoms with E-state index in [0.29, 0.717) is 0 Å². The summed E-state index contributed by atoms with van der Waals surface area (Å²) in [6.07, 6.45) is 9.69.